The van der Waals surface area contributed by atoms with Crippen LogP contribution in [0.1, 0.15) is 40.9 Å². The van der Waals surface area contributed by atoms with Crippen molar-refractivity contribution in [1.29, 1.82) is 0 Å². The van der Waals surface area contributed by atoms with Gasteiger partial charge in [0.15, 0.2) is 0 Å². The van der Waals surface area contributed by atoms with Crippen LogP contribution < -0.4 is 0 Å². The minimum Gasteiger partial charge on any atom is -0.478 e. The molecule has 1 heterocycles. The highest BCUT2D eigenvalue weighted by molar-refractivity contribution is 6.04. The Balaban J connectivity index is 2.36. The number of rotatable bonds is 1. The third-order valence-electron chi connectivity index (χ3n) is 3.69. The van der Waals surface area contributed by atoms with Gasteiger partial charge in [0.05, 0.1) is 11.1 Å². The molecule has 0 saturated carbocycles. The Morgan fingerprint density at radius 1 is 1.21 bits per heavy atom. The normalized spacial score (nSPS) is 15.0. The second-order valence-corrected chi connectivity index (χ2v) is 4.94. The topological polar surface area (TPSA) is 50.2 Å². The first-order valence-electron chi connectivity index (χ1n) is 6.51. The van der Waals surface area contributed by atoms with Crippen LogP contribution in [0.4, 0.5) is 4.39 Å². The van der Waals surface area contributed by atoms with Crippen molar-refractivity contribution >= 4 is 16.9 Å². The van der Waals surface area contributed by atoms with Gasteiger partial charge >= 0.3 is 5.97 Å². The van der Waals surface area contributed by atoms with Gasteiger partial charge in [-0.1, -0.05) is 6.42 Å². The number of carboxylic acid groups (broad SMARTS) is 1. The number of benzene rings is 1. The van der Waals surface area contributed by atoms with Crippen LogP contribution in [-0.4, -0.2) is 16.1 Å². The summed E-state index contributed by atoms with van der Waals surface area (Å²) >= 11 is 0. The predicted molar refractivity (Wildman–Crippen MR) is 69.9 cm³/mol. The lowest BCUT2D eigenvalue weighted by molar-refractivity contribution is 0.0697. The first kappa shape index (κ1) is 12.1. The second-order valence-electron chi connectivity index (χ2n) is 4.94. The van der Waals surface area contributed by atoms with Crippen LogP contribution in [0.15, 0.2) is 18.2 Å². The van der Waals surface area contributed by atoms with E-state index in [9.17, 15) is 14.3 Å². The van der Waals surface area contributed by atoms with Crippen LogP contribution in [0.2, 0.25) is 0 Å². The number of hydrogen-bond donors (Lipinski definition) is 1. The molecule has 98 valence electrons. The number of carbonyl (C=O) groups is 1. The Hall–Kier alpha value is -1.97. The maximum Gasteiger partial charge on any atom is 0.336 e. The number of aromatic nitrogens is 1. The Kier molecular flexibility index (Phi) is 2.93. The molecule has 0 spiro atoms. The summed E-state index contributed by atoms with van der Waals surface area (Å²) in [5, 5.41) is 10.0. The lowest BCUT2D eigenvalue weighted by Gasteiger charge is -2.12. The molecular formula is C15H14FNO2. The molecule has 1 aromatic heterocycles. The standard InChI is InChI=1S/C15H14FNO2/c16-9-6-7-11-13(8-9)17-12-5-3-1-2-4-10(12)14(11)15(18)19/h6-8H,1-5H2,(H,18,19). The molecule has 0 unspecified atom stereocenters. The van der Waals surface area contributed by atoms with Crippen LogP contribution in [0.3, 0.4) is 0 Å². The minimum atomic E-state index is -0.947. The number of pyridine rings is 1. The van der Waals surface area contributed by atoms with Gasteiger partial charge in [0.1, 0.15) is 5.82 Å². The highest BCUT2D eigenvalue weighted by atomic mass is 19.1. The average Bonchev–Trinajstić information content (AvgIpc) is 2.60. The third kappa shape index (κ3) is 2.07. The van der Waals surface area contributed by atoms with E-state index in [4.69, 9.17) is 0 Å². The Labute approximate surface area is 110 Å². The van der Waals surface area contributed by atoms with E-state index in [-0.39, 0.29) is 5.82 Å². The second kappa shape index (κ2) is 4.61. The van der Waals surface area contributed by atoms with E-state index in [0.717, 1.165) is 43.4 Å². The molecule has 1 N–H and O–H groups in total. The molecular weight excluding hydrogens is 245 g/mol. The fourth-order valence-corrected chi connectivity index (χ4v) is 2.82. The maximum absolute atomic E-state index is 13.3. The van der Waals surface area contributed by atoms with Gasteiger partial charge in [-0.3, -0.25) is 4.98 Å². The van der Waals surface area contributed by atoms with Gasteiger partial charge in [0, 0.05) is 17.1 Å². The molecule has 0 fully saturated rings. The van der Waals surface area contributed by atoms with Crippen LogP contribution in [0, 0.1) is 5.82 Å². The van der Waals surface area contributed by atoms with E-state index in [1.165, 1.54) is 18.2 Å². The monoisotopic (exact) mass is 259 g/mol. The van der Waals surface area contributed by atoms with E-state index in [1.807, 2.05) is 0 Å². The molecule has 1 aliphatic rings. The highest BCUT2D eigenvalue weighted by Crippen LogP contribution is 2.29. The zero-order valence-corrected chi connectivity index (χ0v) is 10.4. The quantitative estimate of drug-likeness (QED) is 0.799. The van der Waals surface area contributed by atoms with Crippen molar-refractivity contribution < 1.29 is 14.3 Å². The summed E-state index contributed by atoms with van der Waals surface area (Å²) in [6.07, 6.45) is 4.61. The summed E-state index contributed by atoms with van der Waals surface area (Å²) in [5.41, 5.74) is 2.41. The van der Waals surface area contributed by atoms with Gasteiger partial charge in [0.2, 0.25) is 0 Å². The summed E-state index contributed by atoms with van der Waals surface area (Å²) in [5.74, 6) is -1.33. The first-order valence-corrected chi connectivity index (χ1v) is 6.51. The summed E-state index contributed by atoms with van der Waals surface area (Å²) in [7, 11) is 0. The molecule has 0 saturated heterocycles. The number of halogens is 1. The van der Waals surface area contributed by atoms with Crippen molar-refractivity contribution in [2.24, 2.45) is 0 Å². The Bertz CT molecular complexity index is 667. The van der Waals surface area contributed by atoms with Gasteiger partial charge in [-0.05, 0) is 43.4 Å². The van der Waals surface area contributed by atoms with E-state index in [1.54, 1.807) is 0 Å². The predicted octanol–water partition coefficient (Wildman–Crippen LogP) is 3.34. The fourth-order valence-electron chi connectivity index (χ4n) is 2.82. The largest absolute Gasteiger partial charge is 0.478 e. The Morgan fingerprint density at radius 3 is 2.79 bits per heavy atom. The number of aromatic carboxylic acids is 1. The number of hydrogen-bond acceptors (Lipinski definition) is 2. The lowest BCUT2D eigenvalue weighted by atomic mass is 9.97. The number of carboxylic acids is 1. The van der Waals surface area contributed by atoms with Crippen molar-refractivity contribution in [3.63, 3.8) is 0 Å². The lowest BCUT2D eigenvalue weighted by Crippen LogP contribution is -2.08. The van der Waals surface area contributed by atoms with Crippen molar-refractivity contribution in [3.8, 4) is 0 Å². The molecule has 0 atom stereocenters. The molecule has 1 aromatic carbocycles. The molecule has 0 aliphatic heterocycles. The zero-order chi connectivity index (χ0) is 13.4. The van der Waals surface area contributed by atoms with Crippen molar-refractivity contribution in [2.45, 2.75) is 32.1 Å². The van der Waals surface area contributed by atoms with E-state index < -0.39 is 5.97 Å². The maximum atomic E-state index is 13.3. The molecule has 2 aromatic rings. The molecule has 0 bridgehead atoms. The SMILES string of the molecule is O=C(O)c1c2c(nc3cc(F)ccc13)CCCCC2. The van der Waals surface area contributed by atoms with E-state index in [0.29, 0.717) is 16.5 Å². The highest BCUT2D eigenvalue weighted by Gasteiger charge is 2.21. The van der Waals surface area contributed by atoms with Crippen molar-refractivity contribution in [2.75, 3.05) is 0 Å². The molecule has 19 heavy (non-hydrogen) atoms. The van der Waals surface area contributed by atoms with Crippen LogP contribution in [0.25, 0.3) is 10.9 Å². The molecule has 1 aliphatic carbocycles. The Morgan fingerprint density at radius 2 is 2.00 bits per heavy atom. The summed E-state index contributed by atoms with van der Waals surface area (Å²) in [4.78, 5) is 16.0. The van der Waals surface area contributed by atoms with Crippen molar-refractivity contribution in [3.05, 3.63) is 40.8 Å². The van der Waals surface area contributed by atoms with Gasteiger partial charge in [-0.15, -0.1) is 0 Å². The summed E-state index contributed by atoms with van der Waals surface area (Å²) < 4.78 is 13.3. The van der Waals surface area contributed by atoms with Crippen LogP contribution >= 0.6 is 0 Å². The summed E-state index contributed by atoms with van der Waals surface area (Å²) in [6, 6.07) is 4.12. The van der Waals surface area contributed by atoms with Crippen LogP contribution in [-0.2, 0) is 12.8 Å². The molecule has 3 nitrogen and oxygen atoms in total. The van der Waals surface area contributed by atoms with Gasteiger partial charge in [-0.2, -0.15) is 0 Å². The smallest absolute Gasteiger partial charge is 0.336 e. The van der Waals surface area contributed by atoms with Gasteiger partial charge < -0.3 is 5.11 Å². The molecule has 4 heteroatoms. The van der Waals surface area contributed by atoms with Gasteiger partial charge in [0.25, 0.3) is 0 Å². The van der Waals surface area contributed by atoms with E-state index in [2.05, 4.69) is 4.98 Å². The fraction of sp³-hybridized carbons (Fsp3) is 0.333. The number of aryl methyl sites for hydroxylation is 1. The van der Waals surface area contributed by atoms with Crippen molar-refractivity contribution in [1.82, 2.24) is 4.98 Å². The average molecular weight is 259 g/mol. The van der Waals surface area contributed by atoms with Crippen LogP contribution in [0.5, 0.6) is 0 Å². The third-order valence-corrected chi connectivity index (χ3v) is 3.69. The molecule has 0 amide bonds. The number of nitrogens with zero attached hydrogens (tertiary/aromatic N) is 1. The molecule has 3 rings (SSSR count). The number of fused-ring (bicyclic) bond motifs is 2. The summed E-state index contributed by atoms with van der Waals surface area (Å²) in [6.45, 7) is 0. The molecule has 0 radical (unpaired) electrons. The minimum absolute atomic E-state index is 0.307. The first-order chi connectivity index (χ1) is 9.16. The van der Waals surface area contributed by atoms with E-state index >= 15 is 0 Å². The zero-order valence-electron chi connectivity index (χ0n) is 10.4. The van der Waals surface area contributed by atoms with Gasteiger partial charge in [-0.25, -0.2) is 9.18 Å².